The number of rotatable bonds is 8. The van der Waals surface area contributed by atoms with Gasteiger partial charge in [0.05, 0.1) is 17.9 Å². The number of carbonyl (C=O) groups is 3. The fourth-order valence-corrected chi connectivity index (χ4v) is 6.40. The van der Waals surface area contributed by atoms with Crippen molar-refractivity contribution in [2.75, 3.05) is 25.6 Å². The van der Waals surface area contributed by atoms with Gasteiger partial charge in [0.1, 0.15) is 11.6 Å². The molecule has 3 aliphatic heterocycles. The molecule has 1 aliphatic carbocycles. The molecule has 1 saturated carbocycles. The summed E-state index contributed by atoms with van der Waals surface area (Å²) >= 11 is 6.07. The van der Waals surface area contributed by atoms with E-state index in [-0.39, 0.29) is 23.8 Å². The van der Waals surface area contributed by atoms with Gasteiger partial charge in [-0.05, 0) is 37.5 Å². The van der Waals surface area contributed by atoms with Gasteiger partial charge in [-0.25, -0.2) is 0 Å². The van der Waals surface area contributed by atoms with Crippen LogP contribution < -0.4 is 10.6 Å². The average Bonchev–Trinajstić information content (AvgIpc) is 3.47. The molecular weight excluding hydrogens is 470 g/mol. The lowest BCUT2D eigenvalue weighted by molar-refractivity contribution is -0.141. The van der Waals surface area contributed by atoms with Crippen molar-refractivity contribution in [1.29, 1.82) is 0 Å². The summed E-state index contributed by atoms with van der Waals surface area (Å²) in [5.41, 5.74) is -0.596. The zero-order chi connectivity index (χ0) is 24.6. The predicted octanol–water partition coefficient (Wildman–Crippen LogP) is 2.91. The molecule has 3 heterocycles. The van der Waals surface area contributed by atoms with Crippen molar-refractivity contribution < 1.29 is 23.9 Å². The van der Waals surface area contributed by atoms with Crippen LogP contribution in [0.15, 0.2) is 36.4 Å². The molecule has 4 aliphatic rings. The van der Waals surface area contributed by atoms with Crippen LogP contribution >= 0.6 is 11.6 Å². The molecule has 1 spiro atoms. The Balaban J connectivity index is 1.42. The Bertz CT molecular complexity index is 1030. The number of hydrogen-bond donors (Lipinski definition) is 2. The van der Waals surface area contributed by atoms with E-state index in [0.29, 0.717) is 30.3 Å². The molecule has 2 N–H and O–H groups in total. The van der Waals surface area contributed by atoms with E-state index in [4.69, 9.17) is 21.1 Å². The standard InChI is InChI=1S/C26H32ClN3O5/c1-34-14-6-13-30-22(24(32)28-17-8-3-2-4-9-17)26-12-11-19(35-26)20(21(26)25(30)33)23(31)29-18-10-5-7-16(27)15-18/h5,7,10-12,15,17,19-22H,2-4,6,8-9,13-14H2,1H3,(H,28,32)(H,29,31)/t19-,20-,21-,22+,26+/m1/s1. The third-order valence-electron chi connectivity index (χ3n) is 7.72. The van der Waals surface area contributed by atoms with Crippen LogP contribution in [-0.4, -0.2) is 66.7 Å². The van der Waals surface area contributed by atoms with E-state index < -0.39 is 29.6 Å². The van der Waals surface area contributed by atoms with Crippen LogP contribution in [0.2, 0.25) is 5.02 Å². The summed E-state index contributed by atoms with van der Waals surface area (Å²) in [5.74, 6) is -2.23. The van der Waals surface area contributed by atoms with E-state index in [2.05, 4.69) is 10.6 Å². The van der Waals surface area contributed by atoms with Gasteiger partial charge in [-0.1, -0.05) is 49.1 Å². The number of benzene rings is 1. The Hall–Kier alpha value is -2.42. The first-order valence-electron chi connectivity index (χ1n) is 12.5. The van der Waals surface area contributed by atoms with Crippen molar-refractivity contribution >= 4 is 35.0 Å². The quantitative estimate of drug-likeness (QED) is 0.421. The topological polar surface area (TPSA) is 97.0 Å². The van der Waals surface area contributed by atoms with E-state index in [0.717, 1.165) is 25.7 Å². The minimum Gasteiger partial charge on any atom is -0.385 e. The van der Waals surface area contributed by atoms with Gasteiger partial charge in [-0.2, -0.15) is 0 Å². The average molecular weight is 502 g/mol. The third kappa shape index (κ3) is 4.36. The van der Waals surface area contributed by atoms with Crippen molar-refractivity contribution in [1.82, 2.24) is 10.2 Å². The lowest BCUT2D eigenvalue weighted by Crippen LogP contribution is -2.56. The first kappa shape index (κ1) is 24.3. The summed E-state index contributed by atoms with van der Waals surface area (Å²) in [5, 5.41) is 6.58. The van der Waals surface area contributed by atoms with Crippen molar-refractivity contribution in [2.24, 2.45) is 11.8 Å². The van der Waals surface area contributed by atoms with Gasteiger partial charge in [0.2, 0.25) is 17.7 Å². The maximum atomic E-state index is 13.8. The number of carbonyl (C=O) groups excluding carboxylic acids is 3. The van der Waals surface area contributed by atoms with Crippen molar-refractivity contribution in [3.63, 3.8) is 0 Å². The Morgan fingerprint density at radius 1 is 1.23 bits per heavy atom. The van der Waals surface area contributed by atoms with Gasteiger partial charge in [-0.15, -0.1) is 0 Å². The van der Waals surface area contributed by atoms with E-state index in [1.165, 1.54) is 6.42 Å². The minimum atomic E-state index is -1.15. The lowest BCUT2D eigenvalue weighted by atomic mass is 9.74. The normalized spacial score (nSPS) is 31.6. The molecule has 188 valence electrons. The second-order valence-electron chi connectivity index (χ2n) is 9.92. The number of fused-ring (bicyclic) bond motifs is 1. The first-order chi connectivity index (χ1) is 16.9. The highest BCUT2D eigenvalue weighted by Gasteiger charge is 2.72. The molecule has 3 amide bonds. The lowest BCUT2D eigenvalue weighted by Gasteiger charge is -2.34. The highest BCUT2D eigenvalue weighted by atomic mass is 35.5. The number of likely N-dealkylation sites (tertiary alicyclic amines) is 1. The number of nitrogens with one attached hydrogen (secondary N) is 2. The molecule has 3 fully saturated rings. The maximum Gasteiger partial charge on any atom is 0.246 e. The Labute approximate surface area is 210 Å². The highest BCUT2D eigenvalue weighted by molar-refractivity contribution is 6.30. The Morgan fingerprint density at radius 3 is 2.77 bits per heavy atom. The van der Waals surface area contributed by atoms with Gasteiger partial charge in [0.15, 0.2) is 0 Å². The number of amides is 3. The third-order valence-corrected chi connectivity index (χ3v) is 7.95. The SMILES string of the molecule is COCCCN1C(=O)[C@H]2[C@H](C(=O)Nc3cccc(Cl)c3)[C@H]3C=C[C@@]2(O3)[C@@H]1C(=O)NC1CCCCC1. The Morgan fingerprint density at radius 2 is 2.03 bits per heavy atom. The fraction of sp³-hybridized carbons (Fsp3) is 0.577. The van der Waals surface area contributed by atoms with Gasteiger partial charge in [0.25, 0.3) is 0 Å². The minimum absolute atomic E-state index is 0.104. The van der Waals surface area contributed by atoms with Gasteiger partial charge >= 0.3 is 0 Å². The maximum absolute atomic E-state index is 13.8. The molecule has 5 rings (SSSR count). The molecule has 5 atom stereocenters. The zero-order valence-corrected chi connectivity index (χ0v) is 20.6. The van der Waals surface area contributed by atoms with Crippen LogP contribution in [0, 0.1) is 11.8 Å². The monoisotopic (exact) mass is 501 g/mol. The molecule has 9 heteroatoms. The summed E-state index contributed by atoms with van der Waals surface area (Å²) < 4.78 is 11.5. The van der Waals surface area contributed by atoms with E-state index in [1.807, 2.05) is 12.2 Å². The molecule has 1 aromatic carbocycles. The largest absolute Gasteiger partial charge is 0.385 e. The zero-order valence-electron chi connectivity index (χ0n) is 19.9. The molecule has 0 unspecified atom stereocenters. The molecule has 1 aromatic rings. The van der Waals surface area contributed by atoms with Gasteiger partial charge < -0.3 is 25.0 Å². The number of halogens is 1. The molecule has 0 aromatic heterocycles. The van der Waals surface area contributed by atoms with Crippen molar-refractivity contribution in [3.8, 4) is 0 Å². The van der Waals surface area contributed by atoms with Crippen LogP contribution in [0.3, 0.4) is 0 Å². The number of nitrogens with zero attached hydrogens (tertiary/aromatic N) is 1. The van der Waals surface area contributed by atoms with Gasteiger partial charge in [-0.3, -0.25) is 14.4 Å². The smallest absolute Gasteiger partial charge is 0.246 e. The van der Waals surface area contributed by atoms with E-state index >= 15 is 0 Å². The number of anilines is 1. The van der Waals surface area contributed by atoms with Crippen LogP contribution in [-0.2, 0) is 23.9 Å². The Kier molecular flexibility index (Phi) is 6.88. The van der Waals surface area contributed by atoms with Crippen molar-refractivity contribution in [3.05, 3.63) is 41.4 Å². The fourth-order valence-electron chi connectivity index (χ4n) is 6.21. The molecule has 2 saturated heterocycles. The van der Waals surface area contributed by atoms with E-state index in [9.17, 15) is 14.4 Å². The molecule has 2 bridgehead atoms. The highest BCUT2D eigenvalue weighted by Crippen LogP contribution is 2.55. The number of hydrogen-bond acceptors (Lipinski definition) is 5. The van der Waals surface area contributed by atoms with Crippen LogP contribution in [0.4, 0.5) is 5.69 Å². The summed E-state index contributed by atoms with van der Waals surface area (Å²) in [6.45, 7) is 0.828. The molecule has 8 nitrogen and oxygen atoms in total. The van der Waals surface area contributed by atoms with Gasteiger partial charge in [0, 0.05) is 37.0 Å². The molecule has 0 radical (unpaired) electrons. The second kappa shape index (κ2) is 9.91. The first-order valence-corrected chi connectivity index (χ1v) is 12.9. The predicted molar refractivity (Wildman–Crippen MR) is 131 cm³/mol. The van der Waals surface area contributed by atoms with Crippen molar-refractivity contribution in [2.45, 2.75) is 62.3 Å². The number of methoxy groups -OCH3 is 1. The summed E-state index contributed by atoms with van der Waals surface area (Å²) in [6, 6.07) is 6.17. The summed E-state index contributed by atoms with van der Waals surface area (Å²) in [4.78, 5) is 42.5. The summed E-state index contributed by atoms with van der Waals surface area (Å²) in [6.07, 6.45) is 8.93. The number of ether oxygens (including phenoxy) is 2. The second-order valence-corrected chi connectivity index (χ2v) is 10.4. The molecule has 35 heavy (non-hydrogen) atoms. The molecular formula is C26H32ClN3O5. The van der Waals surface area contributed by atoms with Crippen LogP contribution in [0.1, 0.15) is 38.5 Å². The van der Waals surface area contributed by atoms with Crippen LogP contribution in [0.25, 0.3) is 0 Å². The van der Waals surface area contributed by atoms with E-state index in [1.54, 1.807) is 36.3 Å². The summed E-state index contributed by atoms with van der Waals surface area (Å²) in [7, 11) is 1.61. The van der Waals surface area contributed by atoms with Crippen LogP contribution in [0.5, 0.6) is 0 Å².